The van der Waals surface area contributed by atoms with Crippen molar-refractivity contribution in [1.82, 2.24) is 14.7 Å². The van der Waals surface area contributed by atoms with Crippen molar-refractivity contribution in [3.05, 3.63) is 29.8 Å². The van der Waals surface area contributed by atoms with Crippen LogP contribution in [-0.4, -0.2) is 78.6 Å². The van der Waals surface area contributed by atoms with Crippen molar-refractivity contribution in [2.24, 2.45) is 5.92 Å². The van der Waals surface area contributed by atoms with Gasteiger partial charge < -0.3 is 14.5 Å². The molecule has 0 aliphatic carbocycles. The van der Waals surface area contributed by atoms with E-state index in [-0.39, 0.29) is 23.1 Å². The maximum atomic E-state index is 12.4. The maximum Gasteiger partial charge on any atom is 0.233 e. The molecule has 7 heteroatoms. The van der Waals surface area contributed by atoms with Gasteiger partial charge in [0, 0.05) is 50.7 Å². The molecule has 0 unspecified atom stereocenters. The zero-order valence-corrected chi connectivity index (χ0v) is 17.2. The van der Waals surface area contributed by atoms with Crippen LogP contribution in [0.25, 0.3) is 0 Å². The Bertz CT molecular complexity index is 674. The number of carbonyl (C=O) groups excluding carboxylic acids is 2. The SMILES string of the molecule is COc1ccccc1[C@H]1SCC(=O)N1CCN1CCN(C(=O)C(C)C)CC1. The van der Waals surface area contributed by atoms with Gasteiger partial charge in [0.05, 0.1) is 12.9 Å². The molecule has 148 valence electrons. The van der Waals surface area contributed by atoms with E-state index in [1.165, 1.54) is 0 Å². The van der Waals surface area contributed by atoms with Crippen LogP contribution in [0.2, 0.25) is 0 Å². The van der Waals surface area contributed by atoms with Crippen molar-refractivity contribution in [2.75, 3.05) is 52.1 Å². The van der Waals surface area contributed by atoms with Crippen molar-refractivity contribution in [2.45, 2.75) is 19.2 Å². The van der Waals surface area contributed by atoms with E-state index in [1.54, 1.807) is 18.9 Å². The number of benzene rings is 1. The van der Waals surface area contributed by atoms with Crippen molar-refractivity contribution in [3.63, 3.8) is 0 Å². The average molecular weight is 392 g/mol. The number of thioether (sulfide) groups is 1. The predicted octanol–water partition coefficient (Wildman–Crippen LogP) is 2.07. The molecule has 27 heavy (non-hydrogen) atoms. The lowest BCUT2D eigenvalue weighted by Gasteiger charge is -2.36. The minimum absolute atomic E-state index is 0.0115. The van der Waals surface area contributed by atoms with Gasteiger partial charge in [0.15, 0.2) is 0 Å². The lowest BCUT2D eigenvalue weighted by Crippen LogP contribution is -2.51. The molecule has 0 N–H and O–H groups in total. The molecule has 0 bridgehead atoms. The Morgan fingerprint density at radius 2 is 1.89 bits per heavy atom. The molecule has 2 fully saturated rings. The fourth-order valence-electron chi connectivity index (χ4n) is 3.63. The number of amides is 2. The van der Waals surface area contributed by atoms with Gasteiger partial charge in [-0.2, -0.15) is 0 Å². The van der Waals surface area contributed by atoms with Gasteiger partial charge >= 0.3 is 0 Å². The molecule has 2 aliphatic heterocycles. The summed E-state index contributed by atoms with van der Waals surface area (Å²) in [7, 11) is 1.67. The molecule has 6 nitrogen and oxygen atoms in total. The highest BCUT2D eigenvalue weighted by atomic mass is 32.2. The number of methoxy groups -OCH3 is 1. The van der Waals surface area contributed by atoms with E-state index in [0.29, 0.717) is 12.3 Å². The molecule has 0 aromatic heterocycles. The molecule has 0 spiro atoms. The second-order valence-electron chi connectivity index (χ2n) is 7.31. The monoisotopic (exact) mass is 391 g/mol. The van der Waals surface area contributed by atoms with Crippen LogP contribution in [0, 0.1) is 5.92 Å². The van der Waals surface area contributed by atoms with E-state index in [0.717, 1.165) is 44.0 Å². The molecular weight excluding hydrogens is 362 g/mol. The van der Waals surface area contributed by atoms with Crippen molar-refractivity contribution in [3.8, 4) is 5.75 Å². The number of carbonyl (C=O) groups is 2. The number of piperazine rings is 1. The van der Waals surface area contributed by atoms with Crippen LogP contribution in [0.15, 0.2) is 24.3 Å². The highest BCUT2D eigenvalue weighted by Gasteiger charge is 2.34. The summed E-state index contributed by atoms with van der Waals surface area (Å²) in [5, 5.41) is 0.0115. The van der Waals surface area contributed by atoms with Gasteiger partial charge in [-0.25, -0.2) is 0 Å². The van der Waals surface area contributed by atoms with Gasteiger partial charge in [0.2, 0.25) is 11.8 Å². The van der Waals surface area contributed by atoms with Gasteiger partial charge in [0.1, 0.15) is 11.1 Å². The van der Waals surface area contributed by atoms with Crippen molar-refractivity contribution >= 4 is 23.6 Å². The van der Waals surface area contributed by atoms with Crippen LogP contribution in [0.5, 0.6) is 5.75 Å². The highest BCUT2D eigenvalue weighted by molar-refractivity contribution is 8.00. The third kappa shape index (κ3) is 4.58. The fraction of sp³-hybridized carbons (Fsp3) is 0.600. The maximum absolute atomic E-state index is 12.4. The fourth-order valence-corrected chi connectivity index (χ4v) is 4.87. The van der Waals surface area contributed by atoms with Crippen LogP contribution in [-0.2, 0) is 9.59 Å². The molecule has 0 saturated carbocycles. The molecule has 1 atom stereocenters. The first-order valence-corrected chi connectivity index (χ1v) is 10.6. The van der Waals surface area contributed by atoms with Gasteiger partial charge in [-0.1, -0.05) is 32.0 Å². The Hall–Kier alpha value is -1.73. The number of rotatable bonds is 6. The van der Waals surface area contributed by atoms with Gasteiger partial charge in [-0.3, -0.25) is 14.5 Å². The number of ether oxygens (including phenoxy) is 1. The van der Waals surface area contributed by atoms with Crippen LogP contribution >= 0.6 is 11.8 Å². The third-order valence-electron chi connectivity index (χ3n) is 5.21. The second-order valence-corrected chi connectivity index (χ2v) is 8.38. The van der Waals surface area contributed by atoms with Crippen LogP contribution in [0.3, 0.4) is 0 Å². The zero-order chi connectivity index (χ0) is 19.4. The highest BCUT2D eigenvalue weighted by Crippen LogP contribution is 2.42. The minimum atomic E-state index is 0.0115. The van der Waals surface area contributed by atoms with Crippen LogP contribution < -0.4 is 4.74 Å². The Morgan fingerprint density at radius 1 is 1.19 bits per heavy atom. The summed E-state index contributed by atoms with van der Waals surface area (Å²) < 4.78 is 5.49. The number of nitrogens with zero attached hydrogens (tertiary/aromatic N) is 3. The summed E-state index contributed by atoms with van der Waals surface area (Å²) in [6.07, 6.45) is 0. The minimum Gasteiger partial charge on any atom is -0.496 e. The van der Waals surface area contributed by atoms with E-state index in [4.69, 9.17) is 4.74 Å². The van der Waals surface area contributed by atoms with E-state index in [2.05, 4.69) is 4.90 Å². The molecule has 2 aliphatic rings. The average Bonchev–Trinajstić information content (AvgIpc) is 3.06. The van der Waals surface area contributed by atoms with E-state index in [1.807, 2.05) is 47.9 Å². The predicted molar refractivity (Wildman–Crippen MR) is 108 cm³/mol. The normalized spacial score (nSPS) is 21.2. The Kier molecular flexibility index (Phi) is 6.65. The smallest absolute Gasteiger partial charge is 0.233 e. The Labute approximate surface area is 165 Å². The van der Waals surface area contributed by atoms with Crippen LogP contribution in [0.4, 0.5) is 0 Å². The second kappa shape index (κ2) is 8.97. The lowest BCUT2D eigenvalue weighted by atomic mass is 10.1. The van der Waals surface area contributed by atoms with E-state index >= 15 is 0 Å². The summed E-state index contributed by atoms with van der Waals surface area (Å²) in [6.45, 7) is 8.71. The number of hydrogen-bond donors (Lipinski definition) is 0. The summed E-state index contributed by atoms with van der Waals surface area (Å²) >= 11 is 1.66. The van der Waals surface area contributed by atoms with Crippen molar-refractivity contribution < 1.29 is 14.3 Å². The third-order valence-corrected chi connectivity index (χ3v) is 6.45. The molecule has 2 amide bonds. The zero-order valence-electron chi connectivity index (χ0n) is 16.4. The largest absolute Gasteiger partial charge is 0.496 e. The van der Waals surface area contributed by atoms with E-state index < -0.39 is 0 Å². The molecule has 2 heterocycles. The molecular formula is C20H29N3O3S. The van der Waals surface area contributed by atoms with E-state index in [9.17, 15) is 9.59 Å². The molecule has 3 rings (SSSR count). The van der Waals surface area contributed by atoms with Gasteiger partial charge in [-0.15, -0.1) is 11.8 Å². The topological polar surface area (TPSA) is 53.1 Å². The quantitative estimate of drug-likeness (QED) is 0.743. The van der Waals surface area contributed by atoms with Gasteiger partial charge in [0.25, 0.3) is 0 Å². The standard InChI is InChI=1S/C20H29N3O3S/c1-15(2)19(25)22-11-8-21(9-12-22)10-13-23-18(24)14-27-20(23)16-6-4-5-7-17(16)26-3/h4-7,15,20H,8-14H2,1-3H3/t20-/m1/s1. The summed E-state index contributed by atoms with van der Waals surface area (Å²) in [4.78, 5) is 30.8. The number of hydrogen-bond acceptors (Lipinski definition) is 5. The first-order valence-electron chi connectivity index (χ1n) is 9.56. The summed E-state index contributed by atoms with van der Waals surface area (Å²) in [5.41, 5.74) is 1.06. The molecule has 0 radical (unpaired) electrons. The van der Waals surface area contributed by atoms with Crippen LogP contribution in [0.1, 0.15) is 24.8 Å². The first kappa shape index (κ1) is 20.0. The molecule has 1 aromatic rings. The van der Waals surface area contributed by atoms with Gasteiger partial charge in [-0.05, 0) is 6.07 Å². The summed E-state index contributed by atoms with van der Waals surface area (Å²) in [5.74, 6) is 1.81. The molecule has 2 saturated heterocycles. The summed E-state index contributed by atoms with van der Waals surface area (Å²) in [6, 6.07) is 7.93. The van der Waals surface area contributed by atoms with Crippen molar-refractivity contribution in [1.29, 1.82) is 0 Å². The Balaban J connectivity index is 1.57. The Morgan fingerprint density at radius 3 is 2.56 bits per heavy atom. The molecule has 1 aromatic carbocycles. The first-order chi connectivity index (χ1) is 13.0. The lowest BCUT2D eigenvalue weighted by molar-refractivity contribution is -0.136. The number of para-hydroxylation sites is 1.